The Bertz CT molecular complexity index is 649. The minimum absolute atomic E-state index is 0.0390. The molecule has 0 radical (unpaired) electrons. The van der Waals surface area contributed by atoms with Crippen LogP contribution in [0.5, 0.6) is 0 Å². The number of aryl methyl sites for hydroxylation is 1. The van der Waals surface area contributed by atoms with Crippen molar-refractivity contribution in [1.29, 1.82) is 0 Å². The molecule has 2 fully saturated rings. The highest BCUT2D eigenvalue weighted by Crippen LogP contribution is 2.42. The van der Waals surface area contributed by atoms with Crippen LogP contribution >= 0.6 is 0 Å². The van der Waals surface area contributed by atoms with E-state index < -0.39 is 5.41 Å². The van der Waals surface area contributed by atoms with Crippen molar-refractivity contribution in [3.63, 3.8) is 0 Å². The lowest BCUT2D eigenvalue weighted by Crippen LogP contribution is -2.50. The van der Waals surface area contributed by atoms with E-state index in [9.17, 15) is 9.59 Å². The summed E-state index contributed by atoms with van der Waals surface area (Å²) in [5, 5.41) is 1.34. The van der Waals surface area contributed by atoms with Gasteiger partial charge in [-0.1, -0.05) is 31.5 Å². The third-order valence-electron chi connectivity index (χ3n) is 6.36. The van der Waals surface area contributed by atoms with Gasteiger partial charge >= 0.3 is 6.47 Å². The standard InChI is InChI=1S/C21H31N3O3/c1-4-21(5-2)14-19(24(20(21)26)27-16-25)15-22-10-12-23(13-11-22)18-8-6-17(3)7-9-18/h6-9,16,19H,4-5,10-15H2,1-3H3/t19-/m1/s1. The Hall–Kier alpha value is -2.08. The highest BCUT2D eigenvalue weighted by molar-refractivity contribution is 5.85. The van der Waals surface area contributed by atoms with Crippen LogP contribution in [0.15, 0.2) is 24.3 Å². The average molecular weight is 373 g/mol. The van der Waals surface area contributed by atoms with E-state index in [1.165, 1.54) is 16.3 Å². The molecule has 2 aliphatic rings. The highest BCUT2D eigenvalue weighted by Gasteiger charge is 2.51. The number of nitrogens with zero attached hydrogens (tertiary/aromatic N) is 3. The summed E-state index contributed by atoms with van der Waals surface area (Å²) in [5.74, 6) is -0.0390. The molecule has 2 aliphatic heterocycles. The molecule has 0 N–H and O–H groups in total. The Kier molecular flexibility index (Phi) is 6.05. The Morgan fingerprint density at radius 1 is 1.11 bits per heavy atom. The minimum Gasteiger partial charge on any atom is -0.369 e. The Morgan fingerprint density at radius 3 is 2.30 bits per heavy atom. The van der Waals surface area contributed by atoms with Crippen LogP contribution in [0.2, 0.25) is 0 Å². The van der Waals surface area contributed by atoms with Crippen LogP contribution in [0.1, 0.15) is 38.7 Å². The number of carbonyl (C=O) groups is 2. The molecule has 1 atom stereocenters. The number of amides is 1. The normalized spacial score (nSPS) is 22.9. The molecule has 2 heterocycles. The summed E-state index contributed by atoms with van der Waals surface area (Å²) in [6, 6.07) is 8.59. The zero-order valence-electron chi connectivity index (χ0n) is 16.7. The SMILES string of the molecule is CCC1(CC)C[C@H](CN2CCN(c3ccc(C)cc3)CC2)N(OC=O)C1=O. The molecule has 1 aromatic rings. The monoisotopic (exact) mass is 373 g/mol. The quantitative estimate of drug-likeness (QED) is 0.688. The lowest BCUT2D eigenvalue weighted by atomic mass is 9.79. The molecule has 6 nitrogen and oxygen atoms in total. The van der Waals surface area contributed by atoms with Gasteiger partial charge in [0.1, 0.15) is 0 Å². The van der Waals surface area contributed by atoms with Gasteiger partial charge in [0.05, 0.1) is 11.5 Å². The van der Waals surface area contributed by atoms with Crippen LogP contribution < -0.4 is 4.90 Å². The summed E-state index contributed by atoms with van der Waals surface area (Å²) < 4.78 is 0. The van der Waals surface area contributed by atoms with E-state index in [0.29, 0.717) is 6.47 Å². The summed E-state index contributed by atoms with van der Waals surface area (Å²) in [4.78, 5) is 33.6. The first-order chi connectivity index (χ1) is 13.0. The molecule has 2 saturated heterocycles. The number of hydroxylamine groups is 2. The maximum Gasteiger partial charge on any atom is 0.320 e. The number of anilines is 1. The molecule has 0 aliphatic carbocycles. The lowest BCUT2D eigenvalue weighted by Gasteiger charge is -2.37. The van der Waals surface area contributed by atoms with Crippen LogP contribution in [-0.4, -0.2) is 61.1 Å². The van der Waals surface area contributed by atoms with Gasteiger partial charge in [-0.15, -0.1) is 0 Å². The van der Waals surface area contributed by atoms with Gasteiger partial charge in [0.25, 0.3) is 5.91 Å². The average Bonchev–Trinajstić information content (AvgIpc) is 2.95. The molecule has 1 aromatic carbocycles. The number of benzene rings is 1. The topological polar surface area (TPSA) is 53.1 Å². The van der Waals surface area contributed by atoms with Crippen molar-refractivity contribution in [3.05, 3.63) is 29.8 Å². The van der Waals surface area contributed by atoms with Gasteiger partial charge in [0.2, 0.25) is 0 Å². The first-order valence-electron chi connectivity index (χ1n) is 10.0. The Labute approximate surface area is 162 Å². The fraction of sp³-hybridized carbons (Fsp3) is 0.619. The molecular weight excluding hydrogens is 342 g/mol. The minimum atomic E-state index is -0.391. The summed E-state index contributed by atoms with van der Waals surface area (Å²) in [5.41, 5.74) is 2.14. The Balaban J connectivity index is 1.61. The summed E-state index contributed by atoms with van der Waals surface area (Å²) in [6.07, 6.45) is 2.31. The van der Waals surface area contributed by atoms with E-state index in [1.54, 1.807) is 0 Å². The number of piperazine rings is 1. The van der Waals surface area contributed by atoms with Crippen molar-refractivity contribution in [3.8, 4) is 0 Å². The third-order valence-corrected chi connectivity index (χ3v) is 6.36. The Morgan fingerprint density at radius 2 is 1.74 bits per heavy atom. The molecule has 1 amide bonds. The van der Waals surface area contributed by atoms with Crippen LogP contribution in [0.3, 0.4) is 0 Å². The van der Waals surface area contributed by atoms with Crippen molar-refractivity contribution in [1.82, 2.24) is 9.96 Å². The van der Waals surface area contributed by atoms with Crippen LogP contribution in [0.25, 0.3) is 0 Å². The lowest BCUT2D eigenvalue weighted by molar-refractivity contribution is -0.192. The van der Waals surface area contributed by atoms with Crippen LogP contribution in [-0.2, 0) is 14.4 Å². The summed E-state index contributed by atoms with van der Waals surface area (Å²) in [7, 11) is 0. The molecule has 148 valence electrons. The van der Waals surface area contributed by atoms with Gasteiger partial charge < -0.3 is 9.74 Å². The second kappa shape index (κ2) is 8.30. The molecule has 0 unspecified atom stereocenters. The van der Waals surface area contributed by atoms with Gasteiger partial charge in [-0.3, -0.25) is 14.5 Å². The van der Waals surface area contributed by atoms with Gasteiger partial charge in [0.15, 0.2) is 0 Å². The number of rotatable bonds is 7. The summed E-state index contributed by atoms with van der Waals surface area (Å²) in [6.45, 7) is 11.1. The van der Waals surface area contributed by atoms with Crippen molar-refractivity contribution in [2.75, 3.05) is 37.6 Å². The van der Waals surface area contributed by atoms with E-state index in [0.717, 1.165) is 52.0 Å². The summed E-state index contributed by atoms with van der Waals surface area (Å²) >= 11 is 0. The van der Waals surface area contributed by atoms with E-state index in [1.807, 2.05) is 13.8 Å². The molecular formula is C21H31N3O3. The van der Waals surface area contributed by atoms with E-state index in [2.05, 4.69) is 41.0 Å². The van der Waals surface area contributed by atoms with E-state index in [4.69, 9.17) is 4.84 Å². The zero-order chi connectivity index (χ0) is 19.4. The number of hydrogen-bond acceptors (Lipinski definition) is 5. The van der Waals surface area contributed by atoms with Gasteiger partial charge in [-0.05, 0) is 38.3 Å². The zero-order valence-corrected chi connectivity index (χ0v) is 16.7. The predicted octanol–water partition coefficient (Wildman–Crippen LogP) is 2.61. The largest absolute Gasteiger partial charge is 0.369 e. The van der Waals surface area contributed by atoms with Crippen molar-refractivity contribution < 1.29 is 14.4 Å². The van der Waals surface area contributed by atoms with Crippen LogP contribution in [0, 0.1) is 12.3 Å². The predicted molar refractivity (Wildman–Crippen MR) is 105 cm³/mol. The van der Waals surface area contributed by atoms with Crippen molar-refractivity contribution >= 4 is 18.1 Å². The first-order valence-corrected chi connectivity index (χ1v) is 10.0. The first kappa shape index (κ1) is 19.7. The second-order valence-corrected chi connectivity index (χ2v) is 7.80. The fourth-order valence-electron chi connectivity index (χ4n) is 4.42. The molecule has 0 saturated carbocycles. The van der Waals surface area contributed by atoms with Gasteiger partial charge in [0, 0.05) is 38.4 Å². The molecule has 27 heavy (non-hydrogen) atoms. The maximum absolute atomic E-state index is 12.8. The second-order valence-electron chi connectivity index (χ2n) is 7.80. The van der Waals surface area contributed by atoms with E-state index in [-0.39, 0.29) is 11.9 Å². The number of carbonyl (C=O) groups excluding carboxylic acids is 2. The fourth-order valence-corrected chi connectivity index (χ4v) is 4.42. The molecule has 6 heteroatoms. The maximum atomic E-state index is 12.8. The molecule has 0 bridgehead atoms. The van der Waals surface area contributed by atoms with Crippen LogP contribution in [0.4, 0.5) is 5.69 Å². The van der Waals surface area contributed by atoms with Gasteiger partial charge in [-0.25, -0.2) is 0 Å². The van der Waals surface area contributed by atoms with E-state index >= 15 is 0 Å². The van der Waals surface area contributed by atoms with Crippen molar-refractivity contribution in [2.45, 2.75) is 46.1 Å². The third kappa shape index (κ3) is 3.95. The van der Waals surface area contributed by atoms with Crippen molar-refractivity contribution in [2.24, 2.45) is 5.41 Å². The number of hydrogen-bond donors (Lipinski definition) is 0. The molecule has 0 spiro atoms. The van der Waals surface area contributed by atoms with Gasteiger partial charge in [-0.2, -0.15) is 5.06 Å². The smallest absolute Gasteiger partial charge is 0.320 e. The highest BCUT2D eigenvalue weighted by atomic mass is 16.7. The molecule has 3 rings (SSSR count). The molecule has 0 aromatic heterocycles.